The van der Waals surface area contributed by atoms with Gasteiger partial charge in [-0.3, -0.25) is 44.2 Å². The summed E-state index contributed by atoms with van der Waals surface area (Å²) in [5, 5.41) is 15.5. The highest BCUT2D eigenvalue weighted by Crippen LogP contribution is 2.29. The van der Waals surface area contributed by atoms with Crippen molar-refractivity contribution in [3.8, 4) is 0 Å². The molecule has 4 N–H and O–H groups in total. The zero-order valence-corrected chi connectivity index (χ0v) is 30.4. The van der Waals surface area contributed by atoms with E-state index in [1.807, 2.05) is 37.5 Å². The van der Waals surface area contributed by atoms with E-state index in [1.54, 1.807) is 40.7 Å². The van der Waals surface area contributed by atoms with Gasteiger partial charge >= 0.3 is 0 Å². The van der Waals surface area contributed by atoms with Gasteiger partial charge in [0, 0.05) is 62.5 Å². The van der Waals surface area contributed by atoms with Crippen LogP contribution < -0.4 is 16.1 Å². The van der Waals surface area contributed by atoms with E-state index in [0.29, 0.717) is 25.1 Å². The minimum absolute atomic E-state index is 0.0829. The summed E-state index contributed by atoms with van der Waals surface area (Å²) in [6, 6.07) is 19.6. The molecule has 0 radical (unpaired) electrons. The summed E-state index contributed by atoms with van der Waals surface area (Å²) in [5.74, 6) is -2.48. The molecule has 0 saturated carbocycles. The van der Waals surface area contributed by atoms with E-state index in [9.17, 15) is 28.8 Å². The Labute approximate surface area is 313 Å². The molecule has 13 heteroatoms. The van der Waals surface area contributed by atoms with Crippen LogP contribution in [0, 0.1) is 0 Å². The minimum atomic E-state index is -0.980. The minimum Gasteiger partial charge on any atom is -0.385 e. The number of carbonyl (C=O) groups excluding carboxylic acids is 6. The number of rotatable bonds is 17. The molecule has 1 atom stereocenters. The lowest BCUT2D eigenvalue weighted by Gasteiger charge is -2.27. The zero-order chi connectivity index (χ0) is 38.2. The quantitative estimate of drug-likeness (QED) is 0.0496. The van der Waals surface area contributed by atoms with Crippen LogP contribution in [0.3, 0.4) is 0 Å². The fourth-order valence-electron chi connectivity index (χ4n) is 7.19. The van der Waals surface area contributed by atoms with Crippen LogP contribution in [0.2, 0.25) is 0 Å². The van der Waals surface area contributed by atoms with Crippen molar-refractivity contribution in [2.75, 3.05) is 18.9 Å². The third-order valence-corrected chi connectivity index (χ3v) is 10.2. The number of hydroxylamine groups is 1. The summed E-state index contributed by atoms with van der Waals surface area (Å²) in [7, 11) is 1.84. The molecule has 0 spiro atoms. The smallest absolute Gasteiger partial charge is 0.274 e. The molecule has 1 unspecified atom stereocenters. The van der Waals surface area contributed by atoms with E-state index in [2.05, 4.69) is 27.3 Å². The summed E-state index contributed by atoms with van der Waals surface area (Å²) >= 11 is 0. The van der Waals surface area contributed by atoms with Crippen LogP contribution in [-0.4, -0.2) is 74.7 Å². The van der Waals surface area contributed by atoms with Crippen molar-refractivity contribution in [3.63, 3.8) is 0 Å². The molecule has 282 valence electrons. The first-order valence-corrected chi connectivity index (χ1v) is 18.6. The molecular weight excluding hydrogens is 688 g/mol. The summed E-state index contributed by atoms with van der Waals surface area (Å²) in [4.78, 5) is 77.2. The summed E-state index contributed by atoms with van der Waals surface area (Å²) < 4.78 is 2.09. The van der Waals surface area contributed by atoms with E-state index in [-0.39, 0.29) is 29.9 Å². The highest BCUT2D eigenvalue weighted by Gasteiger charge is 2.44. The van der Waals surface area contributed by atoms with Crippen LogP contribution in [0.5, 0.6) is 0 Å². The standard InChI is InChI=1S/C41H46N6O7/c1-45(26-28-10-8-9-27(23-28)18-21-46-22-19-29-12-13-30(24-35(29)46)38(50)44-54)37(49)11-6-4-2-3-5-7-20-42-31-14-15-32-33(25-31)41(53)47(40(32)52)34-16-17-36(48)43-39(34)51/h8-10,12-15,19,22-25,34,42,54H,2-7,11,16-18,20-21,26H2,1H3,(H,44,50)(H,43,48,51). The van der Waals surface area contributed by atoms with Crippen LogP contribution in [0.25, 0.3) is 10.9 Å². The molecule has 1 saturated heterocycles. The second-order valence-corrected chi connectivity index (χ2v) is 14.0. The Kier molecular flexibility index (Phi) is 12.2. The van der Waals surface area contributed by atoms with E-state index in [1.165, 1.54) is 0 Å². The number of hydrogen-bond donors (Lipinski definition) is 4. The molecule has 3 heterocycles. The fraction of sp³-hybridized carbons (Fsp3) is 0.366. The average molecular weight is 735 g/mol. The number of nitrogens with zero attached hydrogens (tertiary/aromatic N) is 3. The van der Waals surface area contributed by atoms with E-state index in [0.717, 1.165) is 84.1 Å². The number of anilines is 1. The molecule has 4 aromatic rings. The normalized spacial score (nSPS) is 15.4. The first-order valence-electron chi connectivity index (χ1n) is 18.6. The molecule has 1 fully saturated rings. The van der Waals surface area contributed by atoms with Crippen LogP contribution in [0.4, 0.5) is 5.69 Å². The molecule has 3 aromatic carbocycles. The first kappa shape index (κ1) is 37.9. The van der Waals surface area contributed by atoms with Crippen molar-refractivity contribution >= 4 is 52.0 Å². The molecule has 6 rings (SSSR count). The van der Waals surface area contributed by atoms with Crippen LogP contribution >= 0.6 is 0 Å². The first-order chi connectivity index (χ1) is 26.1. The Morgan fingerprint density at radius 2 is 1.63 bits per heavy atom. The number of fused-ring (bicyclic) bond motifs is 2. The number of piperidine rings is 1. The van der Waals surface area contributed by atoms with Gasteiger partial charge in [0.15, 0.2) is 0 Å². The number of nitrogens with one attached hydrogen (secondary N) is 3. The summed E-state index contributed by atoms with van der Waals surface area (Å²) in [5.41, 5.74) is 6.48. The van der Waals surface area contributed by atoms with Crippen molar-refractivity contribution in [1.82, 2.24) is 25.2 Å². The molecule has 13 nitrogen and oxygen atoms in total. The fourth-order valence-corrected chi connectivity index (χ4v) is 7.19. The SMILES string of the molecule is CN(Cc1cccc(CCn2ccc3ccc(C(=O)NO)cc32)c1)C(=O)CCCCCCCCNc1ccc2c(c1)C(=O)N(C1CCC(=O)NC1=O)C2=O. The Bertz CT molecular complexity index is 2070. The lowest BCUT2D eigenvalue weighted by Crippen LogP contribution is -2.54. The van der Waals surface area contributed by atoms with Crippen molar-refractivity contribution in [2.45, 2.75) is 83.3 Å². The van der Waals surface area contributed by atoms with Crippen molar-refractivity contribution in [3.05, 3.63) is 101 Å². The maximum Gasteiger partial charge on any atom is 0.274 e. The van der Waals surface area contributed by atoms with E-state index in [4.69, 9.17) is 5.21 Å². The highest BCUT2D eigenvalue weighted by atomic mass is 16.5. The lowest BCUT2D eigenvalue weighted by molar-refractivity contribution is -0.136. The van der Waals surface area contributed by atoms with Gasteiger partial charge in [-0.15, -0.1) is 0 Å². The maximum absolute atomic E-state index is 13.1. The van der Waals surface area contributed by atoms with Gasteiger partial charge in [0.1, 0.15) is 6.04 Å². The molecule has 54 heavy (non-hydrogen) atoms. The van der Waals surface area contributed by atoms with Gasteiger partial charge in [0.2, 0.25) is 17.7 Å². The van der Waals surface area contributed by atoms with Gasteiger partial charge in [-0.2, -0.15) is 0 Å². The number of amides is 6. The van der Waals surface area contributed by atoms with Gasteiger partial charge in [-0.25, -0.2) is 5.48 Å². The predicted octanol–water partition coefficient (Wildman–Crippen LogP) is 5.21. The summed E-state index contributed by atoms with van der Waals surface area (Å²) in [6.45, 7) is 1.97. The van der Waals surface area contributed by atoms with Crippen molar-refractivity contribution < 1.29 is 34.0 Å². The number of aryl methyl sites for hydroxylation is 2. The second-order valence-electron chi connectivity index (χ2n) is 14.0. The molecule has 2 aliphatic heterocycles. The highest BCUT2D eigenvalue weighted by molar-refractivity contribution is 6.23. The number of benzene rings is 3. The van der Waals surface area contributed by atoms with Crippen LogP contribution in [-0.2, 0) is 33.9 Å². The number of hydrogen-bond acceptors (Lipinski definition) is 8. The lowest BCUT2D eigenvalue weighted by atomic mass is 10.0. The second kappa shape index (κ2) is 17.3. The molecule has 0 bridgehead atoms. The Hall–Kier alpha value is -5.82. The van der Waals surface area contributed by atoms with E-state index >= 15 is 0 Å². The number of aromatic nitrogens is 1. The van der Waals surface area contributed by atoms with Gasteiger partial charge < -0.3 is 14.8 Å². The Morgan fingerprint density at radius 1 is 0.870 bits per heavy atom. The van der Waals surface area contributed by atoms with Gasteiger partial charge in [0.25, 0.3) is 17.7 Å². The van der Waals surface area contributed by atoms with Gasteiger partial charge in [-0.1, -0.05) is 56.0 Å². The molecular formula is C41H46N6O7. The topological polar surface area (TPSA) is 170 Å². The monoisotopic (exact) mass is 734 g/mol. The van der Waals surface area contributed by atoms with Gasteiger partial charge in [0.05, 0.1) is 11.1 Å². The number of carbonyl (C=O) groups is 6. The number of imide groups is 2. The number of unbranched alkanes of at least 4 members (excludes halogenated alkanes) is 5. The Morgan fingerprint density at radius 3 is 2.43 bits per heavy atom. The van der Waals surface area contributed by atoms with Gasteiger partial charge in [-0.05, 0) is 78.6 Å². The van der Waals surface area contributed by atoms with Crippen molar-refractivity contribution in [2.24, 2.45) is 0 Å². The largest absolute Gasteiger partial charge is 0.385 e. The molecule has 2 aliphatic rings. The zero-order valence-electron chi connectivity index (χ0n) is 30.4. The maximum atomic E-state index is 13.1. The van der Waals surface area contributed by atoms with Crippen LogP contribution in [0.1, 0.15) is 100.0 Å². The third kappa shape index (κ3) is 8.85. The molecule has 6 amide bonds. The molecule has 0 aliphatic carbocycles. The third-order valence-electron chi connectivity index (χ3n) is 10.2. The van der Waals surface area contributed by atoms with E-state index < -0.39 is 35.6 Å². The summed E-state index contributed by atoms with van der Waals surface area (Å²) in [6.07, 6.45) is 9.35. The van der Waals surface area contributed by atoms with Crippen molar-refractivity contribution in [1.29, 1.82) is 0 Å². The average Bonchev–Trinajstić information content (AvgIpc) is 3.69. The molecule has 1 aromatic heterocycles. The Balaban J connectivity index is 0.854. The predicted molar refractivity (Wildman–Crippen MR) is 202 cm³/mol. The van der Waals surface area contributed by atoms with Crippen LogP contribution in [0.15, 0.2) is 72.9 Å².